The highest BCUT2D eigenvalue weighted by atomic mass is 32.1. The summed E-state index contributed by atoms with van der Waals surface area (Å²) in [6.07, 6.45) is 0.944. The van der Waals surface area contributed by atoms with Crippen molar-refractivity contribution in [3.8, 4) is 0 Å². The van der Waals surface area contributed by atoms with Gasteiger partial charge in [0, 0.05) is 38.4 Å². The number of hydrogen-bond donors (Lipinski definition) is 1. The van der Waals surface area contributed by atoms with Crippen LogP contribution in [0, 0.1) is 0 Å². The summed E-state index contributed by atoms with van der Waals surface area (Å²) in [7, 11) is 1.71. The minimum atomic E-state index is -0.477. The molecule has 2 amide bonds. The van der Waals surface area contributed by atoms with Crippen molar-refractivity contribution in [1.29, 1.82) is 0 Å². The first-order valence-electron chi connectivity index (χ1n) is 6.59. The van der Waals surface area contributed by atoms with Crippen molar-refractivity contribution < 1.29 is 14.3 Å². The predicted molar refractivity (Wildman–Crippen MR) is 77.5 cm³/mol. The molecule has 1 unspecified atom stereocenters. The third kappa shape index (κ3) is 5.72. The van der Waals surface area contributed by atoms with Gasteiger partial charge < -0.3 is 14.5 Å². The number of thiol groups is 1. The summed E-state index contributed by atoms with van der Waals surface area (Å²) in [5, 5.41) is 0.149. The number of likely N-dealkylation sites (tertiary alicyclic amines) is 1. The van der Waals surface area contributed by atoms with E-state index in [-0.39, 0.29) is 17.3 Å². The smallest absolute Gasteiger partial charge is 0.410 e. The maximum atomic E-state index is 11.7. The molecule has 0 aromatic carbocycles. The SMILES string of the molecule is CN(CCCN1CC(S)CC1=O)C(=O)OC(C)(C)C. The van der Waals surface area contributed by atoms with E-state index >= 15 is 0 Å². The summed E-state index contributed by atoms with van der Waals surface area (Å²) in [4.78, 5) is 26.6. The number of rotatable bonds is 4. The van der Waals surface area contributed by atoms with E-state index in [0.717, 1.165) is 6.42 Å². The molecule has 1 aliphatic rings. The van der Waals surface area contributed by atoms with Crippen LogP contribution in [0.25, 0.3) is 0 Å². The van der Waals surface area contributed by atoms with Gasteiger partial charge in [0.1, 0.15) is 5.60 Å². The van der Waals surface area contributed by atoms with Gasteiger partial charge in [-0.05, 0) is 27.2 Å². The molecule has 0 aliphatic carbocycles. The second kappa shape index (κ2) is 6.50. The maximum absolute atomic E-state index is 11.7. The monoisotopic (exact) mass is 288 g/mol. The number of carbonyl (C=O) groups excluding carboxylic acids is 2. The van der Waals surface area contributed by atoms with Crippen LogP contribution in [0.5, 0.6) is 0 Å². The van der Waals surface area contributed by atoms with Crippen molar-refractivity contribution in [1.82, 2.24) is 9.80 Å². The number of ether oxygens (including phenoxy) is 1. The summed E-state index contributed by atoms with van der Waals surface area (Å²) < 4.78 is 5.25. The number of hydrogen-bond acceptors (Lipinski definition) is 4. The Hall–Kier alpha value is -0.910. The minimum Gasteiger partial charge on any atom is -0.444 e. The fourth-order valence-corrected chi connectivity index (χ4v) is 2.25. The van der Waals surface area contributed by atoms with Gasteiger partial charge in [0.15, 0.2) is 0 Å². The van der Waals surface area contributed by atoms with Crippen LogP contribution in [0.4, 0.5) is 4.79 Å². The Balaban J connectivity index is 2.25. The van der Waals surface area contributed by atoms with Crippen molar-refractivity contribution in [2.75, 3.05) is 26.7 Å². The highest BCUT2D eigenvalue weighted by Crippen LogP contribution is 2.16. The van der Waals surface area contributed by atoms with Crippen molar-refractivity contribution >= 4 is 24.6 Å². The molecule has 0 saturated carbocycles. The average molecular weight is 288 g/mol. The highest BCUT2D eigenvalue weighted by Gasteiger charge is 2.26. The van der Waals surface area contributed by atoms with Crippen LogP contribution in [0.1, 0.15) is 33.6 Å². The molecule has 1 aliphatic heterocycles. The van der Waals surface area contributed by atoms with Crippen molar-refractivity contribution in [3.05, 3.63) is 0 Å². The van der Waals surface area contributed by atoms with Gasteiger partial charge in [-0.1, -0.05) is 0 Å². The summed E-state index contributed by atoms with van der Waals surface area (Å²) in [6, 6.07) is 0. The van der Waals surface area contributed by atoms with Gasteiger partial charge in [-0.15, -0.1) is 0 Å². The quantitative estimate of drug-likeness (QED) is 0.802. The van der Waals surface area contributed by atoms with Crippen LogP contribution in [0.2, 0.25) is 0 Å². The van der Waals surface area contributed by atoms with E-state index in [1.165, 1.54) is 0 Å². The van der Waals surface area contributed by atoms with Crippen LogP contribution >= 0.6 is 12.6 Å². The molecular weight excluding hydrogens is 264 g/mol. The third-order valence-electron chi connectivity index (χ3n) is 2.82. The molecule has 1 fully saturated rings. The van der Waals surface area contributed by atoms with E-state index in [4.69, 9.17) is 4.74 Å². The third-order valence-corrected chi connectivity index (χ3v) is 3.17. The molecule has 0 N–H and O–H groups in total. The first-order chi connectivity index (χ1) is 8.69. The van der Waals surface area contributed by atoms with Gasteiger partial charge in [0.25, 0.3) is 0 Å². The van der Waals surface area contributed by atoms with Crippen molar-refractivity contribution in [3.63, 3.8) is 0 Å². The molecule has 6 heteroatoms. The van der Waals surface area contributed by atoms with Crippen LogP contribution in [0.3, 0.4) is 0 Å². The normalized spacial score (nSPS) is 19.7. The van der Waals surface area contributed by atoms with Crippen LogP contribution < -0.4 is 0 Å². The number of amides is 2. The first-order valence-corrected chi connectivity index (χ1v) is 7.10. The Morgan fingerprint density at radius 1 is 1.53 bits per heavy atom. The molecular formula is C13H24N2O3S. The number of carbonyl (C=O) groups is 2. The van der Waals surface area contributed by atoms with Gasteiger partial charge in [-0.3, -0.25) is 4.79 Å². The Bertz CT molecular complexity index is 341. The van der Waals surface area contributed by atoms with Crippen molar-refractivity contribution in [2.45, 2.75) is 44.5 Å². The molecule has 0 radical (unpaired) electrons. The molecule has 1 heterocycles. The van der Waals surface area contributed by atoms with Gasteiger partial charge in [-0.25, -0.2) is 4.79 Å². The lowest BCUT2D eigenvalue weighted by atomic mass is 10.2. The zero-order valence-electron chi connectivity index (χ0n) is 12.2. The lowest BCUT2D eigenvalue weighted by molar-refractivity contribution is -0.127. The molecule has 0 spiro atoms. The molecule has 1 saturated heterocycles. The summed E-state index contributed by atoms with van der Waals surface area (Å²) in [6.45, 7) is 7.48. The predicted octanol–water partition coefficient (Wildman–Crippen LogP) is 1.77. The van der Waals surface area contributed by atoms with E-state index in [1.807, 2.05) is 20.8 Å². The summed E-state index contributed by atoms with van der Waals surface area (Å²) >= 11 is 4.31. The molecule has 1 atom stereocenters. The largest absolute Gasteiger partial charge is 0.444 e. The van der Waals surface area contributed by atoms with Crippen LogP contribution in [0.15, 0.2) is 0 Å². The zero-order chi connectivity index (χ0) is 14.6. The minimum absolute atomic E-state index is 0.149. The second-order valence-corrected chi connectivity index (χ2v) is 6.68. The van der Waals surface area contributed by atoms with Gasteiger partial charge in [-0.2, -0.15) is 12.6 Å². The second-order valence-electron chi connectivity index (χ2n) is 5.95. The molecule has 0 bridgehead atoms. The molecule has 5 nitrogen and oxygen atoms in total. The van der Waals surface area contributed by atoms with Gasteiger partial charge in [0.2, 0.25) is 5.91 Å². The number of nitrogens with zero attached hydrogens (tertiary/aromatic N) is 2. The first kappa shape index (κ1) is 16.1. The molecule has 110 valence electrons. The topological polar surface area (TPSA) is 49.9 Å². The molecule has 1 rings (SSSR count). The Labute approximate surface area is 120 Å². The lowest BCUT2D eigenvalue weighted by Crippen LogP contribution is -2.36. The molecule has 0 aromatic heterocycles. The van der Waals surface area contributed by atoms with E-state index in [0.29, 0.717) is 26.1 Å². The van der Waals surface area contributed by atoms with Crippen LogP contribution in [-0.2, 0) is 9.53 Å². The Morgan fingerprint density at radius 2 is 2.16 bits per heavy atom. The fourth-order valence-electron chi connectivity index (χ4n) is 1.90. The van der Waals surface area contributed by atoms with E-state index in [9.17, 15) is 9.59 Å². The van der Waals surface area contributed by atoms with Gasteiger partial charge >= 0.3 is 6.09 Å². The van der Waals surface area contributed by atoms with E-state index in [1.54, 1.807) is 16.8 Å². The zero-order valence-corrected chi connectivity index (χ0v) is 13.1. The Morgan fingerprint density at radius 3 is 2.63 bits per heavy atom. The lowest BCUT2D eigenvalue weighted by Gasteiger charge is -2.25. The molecule has 19 heavy (non-hydrogen) atoms. The standard InChI is InChI=1S/C13H24N2O3S/c1-13(2,3)18-12(17)14(4)6-5-7-15-9-10(19)8-11(15)16/h10,19H,5-9H2,1-4H3. The van der Waals surface area contributed by atoms with Crippen molar-refractivity contribution in [2.24, 2.45) is 0 Å². The van der Waals surface area contributed by atoms with Gasteiger partial charge in [0.05, 0.1) is 0 Å². The maximum Gasteiger partial charge on any atom is 0.410 e. The van der Waals surface area contributed by atoms with E-state index in [2.05, 4.69) is 12.6 Å². The van der Waals surface area contributed by atoms with Crippen LogP contribution in [-0.4, -0.2) is 59.3 Å². The molecule has 0 aromatic rings. The summed E-state index contributed by atoms with van der Waals surface area (Å²) in [5.74, 6) is 0.153. The van der Waals surface area contributed by atoms with E-state index < -0.39 is 5.60 Å². The average Bonchev–Trinajstić information content (AvgIpc) is 2.55. The fraction of sp³-hybridized carbons (Fsp3) is 0.846. The highest BCUT2D eigenvalue weighted by molar-refractivity contribution is 7.81. The summed E-state index contributed by atoms with van der Waals surface area (Å²) in [5.41, 5.74) is -0.477. The Kier molecular flexibility index (Phi) is 5.52.